The summed E-state index contributed by atoms with van der Waals surface area (Å²) in [4.78, 5) is 5.90. The molecule has 1 saturated heterocycles. The van der Waals surface area contributed by atoms with Gasteiger partial charge in [-0.3, -0.25) is 4.40 Å². The Balaban J connectivity index is 1.60. The van der Waals surface area contributed by atoms with Crippen molar-refractivity contribution in [1.29, 1.82) is 0 Å². The number of rotatable bonds is 6. The Bertz CT molecular complexity index is 589. The van der Waals surface area contributed by atoms with E-state index in [0.717, 1.165) is 43.4 Å². The molecule has 4 rings (SSSR count). The molecule has 2 fully saturated rings. The summed E-state index contributed by atoms with van der Waals surface area (Å²) in [5.74, 6) is 0.787. The first-order chi connectivity index (χ1) is 10.3. The largest absolute Gasteiger partial charge is 0.377 e. The lowest BCUT2D eigenvalue weighted by molar-refractivity contribution is 0.0305. The number of fused-ring (bicyclic) bond motifs is 1. The molecule has 2 aromatic heterocycles. The highest BCUT2D eigenvalue weighted by Gasteiger charge is 2.50. The molecule has 0 bridgehead atoms. The lowest BCUT2D eigenvalue weighted by atomic mass is 9.75. The Hall–Kier alpha value is -0.910. The van der Waals surface area contributed by atoms with Gasteiger partial charge in [0.15, 0.2) is 4.96 Å². The van der Waals surface area contributed by atoms with E-state index in [9.17, 15) is 0 Å². The molecule has 0 amide bonds. The van der Waals surface area contributed by atoms with E-state index < -0.39 is 0 Å². The molecule has 0 radical (unpaired) electrons. The summed E-state index contributed by atoms with van der Waals surface area (Å²) in [5, 5.41) is 5.67. The fraction of sp³-hybridized carbons (Fsp3) is 0.688. The highest BCUT2D eigenvalue weighted by molar-refractivity contribution is 7.15. The lowest BCUT2D eigenvalue weighted by Gasteiger charge is -2.34. The van der Waals surface area contributed by atoms with Gasteiger partial charge in [0.2, 0.25) is 0 Å². The number of hydrogen-bond donors (Lipinski definition) is 1. The number of hydrogen-bond acceptors (Lipinski definition) is 4. The van der Waals surface area contributed by atoms with Crippen molar-refractivity contribution < 1.29 is 4.74 Å². The lowest BCUT2D eigenvalue weighted by Crippen LogP contribution is -2.43. The fourth-order valence-electron chi connectivity index (χ4n) is 3.78. The first kappa shape index (κ1) is 13.7. The van der Waals surface area contributed by atoms with Crippen molar-refractivity contribution >= 4 is 16.3 Å². The molecule has 5 heteroatoms. The zero-order chi connectivity index (χ0) is 14.3. The highest BCUT2D eigenvalue weighted by Crippen LogP contribution is 2.49. The molecule has 0 aromatic carbocycles. The monoisotopic (exact) mass is 305 g/mol. The van der Waals surface area contributed by atoms with Crippen LogP contribution in [0.4, 0.5) is 0 Å². The maximum atomic E-state index is 6.15. The van der Waals surface area contributed by atoms with E-state index in [1.807, 2.05) is 0 Å². The predicted molar refractivity (Wildman–Crippen MR) is 84.8 cm³/mol. The molecule has 2 aromatic rings. The van der Waals surface area contributed by atoms with Gasteiger partial charge in [-0.2, -0.15) is 0 Å². The van der Waals surface area contributed by atoms with Gasteiger partial charge in [0.05, 0.1) is 11.8 Å². The first-order valence-corrected chi connectivity index (χ1v) is 8.92. The molecular weight excluding hydrogens is 282 g/mol. The Labute approximate surface area is 129 Å². The second-order valence-corrected chi connectivity index (χ2v) is 7.40. The van der Waals surface area contributed by atoms with Crippen molar-refractivity contribution in [2.24, 2.45) is 11.3 Å². The molecule has 2 unspecified atom stereocenters. The minimum atomic E-state index is 0.237. The standard InChI is InChI=1S/C16H23N3OS/c1-2-17-11-16(5-7-20-14(16)12-3-4-12)9-13-10-19-6-8-21-15(19)18-13/h6,8,10,12,14,17H,2-5,7,9,11H2,1H3. The molecule has 1 aliphatic carbocycles. The normalized spacial score (nSPS) is 29.5. The first-order valence-electron chi connectivity index (χ1n) is 8.04. The molecule has 2 atom stereocenters. The minimum absolute atomic E-state index is 0.237. The predicted octanol–water partition coefficient (Wildman–Crippen LogP) is 2.73. The average Bonchev–Trinajstić information content (AvgIpc) is 2.90. The molecule has 114 valence electrons. The number of nitrogens with one attached hydrogen (secondary N) is 1. The van der Waals surface area contributed by atoms with Gasteiger partial charge in [0.1, 0.15) is 0 Å². The van der Waals surface area contributed by atoms with Crippen LogP contribution in [0.25, 0.3) is 4.96 Å². The molecule has 3 heterocycles. The van der Waals surface area contributed by atoms with Crippen LogP contribution in [0.1, 0.15) is 31.9 Å². The zero-order valence-corrected chi connectivity index (χ0v) is 13.4. The molecule has 21 heavy (non-hydrogen) atoms. The third-order valence-electron chi connectivity index (χ3n) is 4.95. The van der Waals surface area contributed by atoms with E-state index in [1.165, 1.54) is 18.5 Å². The van der Waals surface area contributed by atoms with Crippen molar-refractivity contribution in [3.05, 3.63) is 23.5 Å². The van der Waals surface area contributed by atoms with Gasteiger partial charge in [-0.25, -0.2) is 4.98 Å². The van der Waals surface area contributed by atoms with Crippen LogP contribution in [0.5, 0.6) is 0 Å². The quantitative estimate of drug-likeness (QED) is 0.892. The topological polar surface area (TPSA) is 38.6 Å². The summed E-state index contributed by atoms with van der Waals surface area (Å²) >= 11 is 1.71. The van der Waals surface area contributed by atoms with E-state index in [0.29, 0.717) is 6.10 Å². The number of imidazole rings is 1. The number of aromatic nitrogens is 2. The molecular formula is C16H23N3OS. The van der Waals surface area contributed by atoms with Crippen molar-refractivity contribution in [2.75, 3.05) is 19.7 Å². The van der Waals surface area contributed by atoms with Gasteiger partial charge in [-0.05, 0) is 31.7 Å². The second-order valence-electron chi connectivity index (χ2n) is 6.52. The van der Waals surface area contributed by atoms with Crippen molar-refractivity contribution in [3.8, 4) is 0 Å². The van der Waals surface area contributed by atoms with E-state index >= 15 is 0 Å². The van der Waals surface area contributed by atoms with Crippen molar-refractivity contribution in [3.63, 3.8) is 0 Å². The van der Waals surface area contributed by atoms with Crippen LogP contribution in [-0.2, 0) is 11.2 Å². The van der Waals surface area contributed by atoms with Crippen molar-refractivity contribution in [2.45, 2.75) is 38.7 Å². The smallest absolute Gasteiger partial charge is 0.193 e. The minimum Gasteiger partial charge on any atom is -0.377 e. The molecule has 1 aliphatic heterocycles. The van der Waals surface area contributed by atoms with Gasteiger partial charge in [-0.15, -0.1) is 11.3 Å². The third kappa shape index (κ3) is 2.51. The maximum Gasteiger partial charge on any atom is 0.193 e. The maximum absolute atomic E-state index is 6.15. The van der Waals surface area contributed by atoms with Crippen LogP contribution in [0.3, 0.4) is 0 Å². The number of thiazole rings is 1. The van der Waals surface area contributed by atoms with Gasteiger partial charge in [-0.1, -0.05) is 6.92 Å². The Morgan fingerprint density at radius 1 is 1.52 bits per heavy atom. The number of ether oxygens (including phenoxy) is 1. The SMILES string of the molecule is CCNCC1(Cc2cn3ccsc3n2)CCOC1C1CC1. The Morgan fingerprint density at radius 2 is 2.43 bits per heavy atom. The number of nitrogens with zero attached hydrogens (tertiary/aromatic N) is 2. The summed E-state index contributed by atoms with van der Waals surface area (Å²) < 4.78 is 8.29. The highest BCUT2D eigenvalue weighted by atomic mass is 32.1. The Kier molecular flexibility index (Phi) is 3.52. The van der Waals surface area contributed by atoms with Crippen LogP contribution in [0.2, 0.25) is 0 Å². The molecule has 1 saturated carbocycles. The van der Waals surface area contributed by atoms with Crippen LogP contribution >= 0.6 is 11.3 Å². The summed E-state index contributed by atoms with van der Waals surface area (Å²) in [6.07, 6.45) is 9.60. The van der Waals surface area contributed by atoms with Gasteiger partial charge in [0, 0.05) is 42.8 Å². The molecule has 4 nitrogen and oxygen atoms in total. The van der Waals surface area contributed by atoms with Crippen LogP contribution < -0.4 is 5.32 Å². The molecule has 1 N–H and O–H groups in total. The van der Waals surface area contributed by atoms with E-state index in [-0.39, 0.29) is 5.41 Å². The third-order valence-corrected chi connectivity index (χ3v) is 5.73. The van der Waals surface area contributed by atoms with Gasteiger partial charge in [0.25, 0.3) is 0 Å². The zero-order valence-electron chi connectivity index (χ0n) is 12.5. The summed E-state index contributed by atoms with van der Waals surface area (Å²) in [7, 11) is 0. The summed E-state index contributed by atoms with van der Waals surface area (Å²) in [5.41, 5.74) is 1.46. The Morgan fingerprint density at radius 3 is 3.19 bits per heavy atom. The fourth-order valence-corrected chi connectivity index (χ4v) is 4.50. The van der Waals surface area contributed by atoms with Crippen LogP contribution in [0, 0.1) is 11.3 Å². The summed E-state index contributed by atoms with van der Waals surface area (Å²) in [6, 6.07) is 0. The van der Waals surface area contributed by atoms with E-state index in [2.05, 4.69) is 34.4 Å². The van der Waals surface area contributed by atoms with E-state index in [1.54, 1.807) is 11.3 Å². The van der Waals surface area contributed by atoms with Crippen LogP contribution in [0.15, 0.2) is 17.8 Å². The van der Waals surface area contributed by atoms with Gasteiger partial charge < -0.3 is 10.1 Å². The second kappa shape index (κ2) is 5.38. The van der Waals surface area contributed by atoms with E-state index in [4.69, 9.17) is 9.72 Å². The molecule has 2 aliphatic rings. The summed E-state index contributed by atoms with van der Waals surface area (Å²) in [6.45, 7) is 5.17. The van der Waals surface area contributed by atoms with Gasteiger partial charge >= 0.3 is 0 Å². The van der Waals surface area contributed by atoms with Crippen LogP contribution in [-0.4, -0.2) is 35.2 Å². The average molecular weight is 305 g/mol. The van der Waals surface area contributed by atoms with Crippen molar-refractivity contribution in [1.82, 2.24) is 14.7 Å². The molecule has 0 spiro atoms.